The fraction of sp³-hybridized carbons (Fsp3) is 0.333. The first kappa shape index (κ1) is 15.6. The maximum Gasteiger partial charge on any atom is 0.251 e. The van der Waals surface area contributed by atoms with Crippen molar-refractivity contribution in [3.63, 3.8) is 0 Å². The monoisotopic (exact) mass is 330 g/mol. The number of hydrogen-bond acceptors (Lipinski definition) is 4. The highest BCUT2D eigenvalue weighted by atomic mass is 79.9. The molecule has 1 rings (SSSR count). The van der Waals surface area contributed by atoms with Crippen molar-refractivity contribution in [2.45, 2.75) is 6.10 Å². The van der Waals surface area contributed by atoms with Crippen LogP contribution in [0.4, 0.5) is 0 Å². The zero-order valence-corrected chi connectivity index (χ0v) is 11.7. The standard InChI is InChI=1S/C12H15BrN2O4/c13-9-3-1-2-8(4-9)12(19)15-6-11(18)14-5-10(17)7-16/h1-4,10,16-17H,5-7H2,(H,14,18)(H,15,19). The van der Waals surface area contributed by atoms with Crippen LogP contribution >= 0.6 is 15.9 Å². The van der Waals surface area contributed by atoms with E-state index in [4.69, 9.17) is 10.2 Å². The maximum atomic E-state index is 11.7. The molecule has 0 saturated heterocycles. The summed E-state index contributed by atoms with van der Waals surface area (Å²) < 4.78 is 0.774. The lowest BCUT2D eigenvalue weighted by Gasteiger charge is -2.09. The number of hydrogen-bond donors (Lipinski definition) is 4. The molecular formula is C12H15BrN2O4. The summed E-state index contributed by atoms with van der Waals surface area (Å²) in [5.41, 5.74) is 0.442. The van der Waals surface area contributed by atoms with E-state index in [9.17, 15) is 9.59 Å². The van der Waals surface area contributed by atoms with E-state index in [1.807, 2.05) is 0 Å². The number of halogens is 1. The van der Waals surface area contributed by atoms with Gasteiger partial charge in [-0.2, -0.15) is 0 Å². The van der Waals surface area contributed by atoms with Crippen molar-refractivity contribution >= 4 is 27.7 Å². The first-order valence-electron chi connectivity index (χ1n) is 5.62. The largest absolute Gasteiger partial charge is 0.394 e. The Bertz CT molecular complexity index is 453. The van der Waals surface area contributed by atoms with Gasteiger partial charge in [-0.1, -0.05) is 22.0 Å². The van der Waals surface area contributed by atoms with Gasteiger partial charge in [0.25, 0.3) is 5.91 Å². The summed E-state index contributed by atoms with van der Waals surface area (Å²) in [5, 5.41) is 22.4. The summed E-state index contributed by atoms with van der Waals surface area (Å²) in [7, 11) is 0. The second-order valence-corrected chi connectivity index (χ2v) is 4.75. The molecule has 1 aromatic rings. The molecule has 0 aliphatic carbocycles. The SMILES string of the molecule is O=C(CNC(=O)c1cccc(Br)c1)NCC(O)CO. The van der Waals surface area contributed by atoms with Gasteiger partial charge in [0.05, 0.1) is 19.3 Å². The third kappa shape index (κ3) is 5.82. The lowest BCUT2D eigenvalue weighted by atomic mass is 10.2. The van der Waals surface area contributed by atoms with Crippen molar-refractivity contribution in [2.24, 2.45) is 0 Å². The number of benzene rings is 1. The van der Waals surface area contributed by atoms with E-state index in [1.54, 1.807) is 24.3 Å². The molecule has 0 saturated carbocycles. The fourth-order valence-corrected chi connectivity index (χ4v) is 1.65. The molecular weight excluding hydrogens is 316 g/mol. The predicted molar refractivity (Wildman–Crippen MR) is 72.6 cm³/mol. The molecule has 2 amide bonds. The molecule has 0 aromatic heterocycles. The van der Waals surface area contributed by atoms with Crippen LogP contribution in [0, 0.1) is 0 Å². The molecule has 0 bridgehead atoms. The minimum atomic E-state index is -0.996. The Morgan fingerprint density at radius 2 is 2.05 bits per heavy atom. The molecule has 104 valence electrons. The highest BCUT2D eigenvalue weighted by Gasteiger charge is 2.09. The summed E-state index contributed by atoms with van der Waals surface area (Å²) in [6.07, 6.45) is -0.996. The van der Waals surface area contributed by atoms with Crippen molar-refractivity contribution in [3.8, 4) is 0 Å². The van der Waals surface area contributed by atoms with Gasteiger partial charge in [0, 0.05) is 16.6 Å². The van der Waals surface area contributed by atoms with Crippen LogP contribution < -0.4 is 10.6 Å². The molecule has 6 nitrogen and oxygen atoms in total. The van der Waals surface area contributed by atoms with Gasteiger partial charge in [0.2, 0.25) is 5.91 Å². The summed E-state index contributed by atoms with van der Waals surface area (Å²) in [5.74, 6) is -0.796. The summed E-state index contributed by atoms with van der Waals surface area (Å²) >= 11 is 3.25. The molecule has 0 heterocycles. The zero-order valence-electron chi connectivity index (χ0n) is 10.1. The van der Waals surface area contributed by atoms with E-state index in [1.165, 1.54) is 0 Å². The zero-order chi connectivity index (χ0) is 14.3. The molecule has 19 heavy (non-hydrogen) atoms. The smallest absolute Gasteiger partial charge is 0.251 e. The Kier molecular flexibility index (Phi) is 6.48. The molecule has 7 heteroatoms. The lowest BCUT2D eigenvalue weighted by Crippen LogP contribution is -2.40. The van der Waals surface area contributed by atoms with Crippen molar-refractivity contribution in [1.82, 2.24) is 10.6 Å². The van der Waals surface area contributed by atoms with E-state index >= 15 is 0 Å². The van der Waals surface area contributed by atoms with E-state index < -0.39 is 18.6 Å². The molecule has 0 aliphatic heterocycles. The molecule has 0 radical (unpaired) electrons. The first-order valence-corrected chi connectivity index (χ1v) is 6.41. The number of rotatable bonds is 6. The van der Waals surface area contributed by atoms with Gasteiger partial charge in [0.15, 0.2) is 0 Å². The molecule has 1 unspecified atom stereocenters. The van der Waals surface area contributed by atoms with Gasteiger partial charge >= 0.3 is 0 Å². The Balaban J connectivity index is 2.36. The maximum absolute atomic E-state index is 11.7. The van der Waals surface area contributed by atoms with Crippen LogP contribution in [0.1, 0.15) is 10.4 Å². The second-order valence-electron chi connectivity index (χ2n) is 3.83. The van der Waals surface area contributed by atoms with Crippen LogP contribution in [-0.4, -0.2) is 47.8 Å². The van der Waals surface area contributed by atoms with Crippen molar-refractivity contribution in [3.05, 3.63) is 34.3 Å². The third-order valence-electron chi connectivity index (χ3n) is 2.24. The molecule has 1 aromatic carbocycles. The van der Waals surface area contributed by atoms with E-state index in [0.29, 0.717) is 5.56 Å². The average molecular weight is 331 g/mol. The Morgan fingerprint density at radius 3 is 2.68 bits per heavy atom. The summed E-state index contributed by atoms with van der Waals surface area (Å²) in [6.45, 7) is -0.670. The van der Waals surface area contributed by atoms with Crippen LogP contribution in [0.15, 0.2) is 28.7 Å². The average Bonchev–Trinajstić information content (AvgIpc) is 2.41. The van der Waals surface area contributed by atoms with E-state index in [2.05, 4.69) is 26.6 Å². The lowest BCUT2D eigenvalue weighted by molar-refractivity contribution is -0.120. The van der Waals surface area contributed by atoms with Crippen LogP contribution in [0.3, 0.4) is 0 Å². The molecule has 0 aliphatic rings. The Morgan fingerprint density at radius 1 is 1.32 bits per heavy atom. The minimum absolute atomic E-state index is 0.0535. The van der Waals surface area contributed by atoms with Gasteiger partial charge in [-0.15, -0.1) is 0 Å². The van der Waals surface area contributed by atoms with Crippen molar-refractivity contribution in [1.29, 1.82) is 0 Å². The highest BCUT2D eigenvalue weighted by Crippen LogP contribution is 2.11. The highest BCUT2D eigenvalue weighted by molar-refractivity contribution is 9.10. The number of aliphatic hydroxyl groups is 2. The molecule has 1 atom stereocenters. The van der Waals surface area contributed by atoms with Crippen LogP contribution in [-0.2, 0) is 4.79 Å². The van der Waals surface area contributed by atoms with E-state index in [-0.39, 0.29) is 19.0 Å². The number of amides is 2. The van der Waals surface area contributed by atoms with Crippen molar-refractivity contribution < 1.29 is 19.8 Å². The van der Waals surface area contributed by atoms with Gasteiger partial charge in [0.1, 0.15) is 0 Å². The third-order valence-corrected chi connectivity index (χ3v) is 2.74. The molecule has 0 fully saturated rings. The number of aliphatic hydroxyl groups excluding tert-OH is 2. The minimum Gasteiger partial charge on any atom is -0.394 e. The van der Waals surface area contributed by atoms with Gasteiger partial charge in [-0.25, -0.2) is 0 Å². The number of carbonyl (C=O) groups excluding carboxylic acids is 2. The number of nitrogens with one attached hydrogen (secondary N) is 2. The van der Waals surface area contributed by atoms with Crippen LogP contribution in [0.2, 0.25) is 0 Å². The summed E-state index contributed by atoms with van der Waals surface area (Å²) in [4.78, 5) is 23.0. The quantitative estimate of drug-likeness (QED) is 0.573. The van der Waals surface area contributed by atoms with Gasteiger partial charge in [-0.05, 0) is 18.2 Å². The van der Waals surface area contributed by atoms with Crippen molar-refractivity contribution in [2.75, 3.05) is 19.7 Å². The Hall–Kier alpha value is -1.44. The van der Waals surface area contributed by atoms with Crippen LogP contribution in [0.25, 0.3) is 0 Å². The topological polar surface area (TPSA) is 98.7 Å². The first-order chi connectivity index (χ1) is 9.02. The van der Waals surface area contributed by atoms with Gasteiger partial charge < -0.3 is 20.8 Å². The molecule has 4 N–H and O–H groups in total. The second kappa shape index (κ2) is 7.88. The van der Waals surface area contributed by atoms with E-state index in [0.717, 1.165) is 4.47 Å². The predicted octanol–water partition coefficient (Wildman–Crippen LogP) is -0.352. The Labute approximate surface area is 118 Å². The summed E-state index contributed by atoms with van der Waals surface area (Å²) in [6, 6.07) is 6.78. The van der Waals surface area contributed by atoms with Crippen LogP contribution in [0.5, 0.6) is 0 Å². The molecule has 0 spiro atoms. The fourth-order valence-electron chi connectivity index (χ4n) is 1.25. The van der Waals surface area contributed by atoms with Gasteiger partial charge in [-0.3, -0.25) is 9.59 Å². The normalized spacial score (nSPS) is 11.7. The number of carbonyl (C=O) groups is 2.